The molecule has 2 heterocycles. The maximum Gasteiger partial charge on any atom is 0.289 e. The van der Waals surface area contributed by atoms with E-state index in [-0.39, 0.29) is 11.8 Å². The van der Waals surface area contributed by atoms with E-state index in [0.29, 0.717) is 24.4 Å². The van der Waals surface area contributed by atoms with Crippen LogP contribution in [0.15, 0.2) is 83.3 Å². The maximum atomic E-state index is 12.9. The lowest BCUT2D eigenvalue weighted by Crippen LogP contribution is -2.48. The van der Waals surface area contributed by atoms with Gasteiger partial charge in [-0.1, -0.05) is 36.4 Å². The van der Waals surface area contributed by atoms with Crippen molar-refractivity contribution in [1.29, 1.82) is 0 Å². The van der Waals surface area contributed by atoms with Crippen LogP contribution in [0.25, 0.3) is 11.0 Å². The first kappa shape index (κ1) is 20.8. The zero-order valence-electron chi connectivity index (χ0n) is 18.5. The molecule has 6 nitrogen and oxygen atoms in total. The number of carbonyl (C=O) groups excluding carboxylic acids is 2. The Morgan fingerprint density at radius 3 is 2.27 bits per heavy atom. The number of hydrogen-bond acceptors (Lipinski definition) is 4. The lowest BCUT2D eigenvalue weighted by atomic mass is 10.1. The van der Waals surface area contributed by atoms with Crippen LogP contribution in [-0.4, -0.2) is 42.9 Å². The predicted molar refractivity (Wildman–Crippen MR) is 130 cm³/mol. The fourth-order valence-corrected chi connectivity index (χ4v) is 4.19. The van der Waals surface area contributed by atoms with E-state index in [1.165, 1.54) is 0 Å². The summed E-state index contributed by atoms with van der Waals surface area (Å²) in [6.45, 7) is 4.65. The van der Waals surface area contributed by atoms with Gasteiger partial charge in [-0.05, 0) is 55.0 Å². The van der Waals surface area contributed by atoms with Gasteiger partial charge in [0.1, 0.15) is 5.58 Å². The predicted octanol–water partition coefficient (Wildman–Crippen LogP) is 4.96. The molecule has 0 radical (unpaired) electrons. The number of para-hydroxylation sites is 1. The summed E-state index contributed by atoms with van der Waals surface area (Å²) in [5.41, 5.74) is 4.17. The van der Waals surface area contributed by atoms with Crippen molar-refractivity contribution >= 4 is 34.2 Å². The third kappa shape index (κ3) is 4.32. The highest BCUT2D eigenvalue weighted by molar-refractivity contribution is 6.05. The largest absolute Gasteiger partial charge is 0.451 e. The Morgan fingerprint density at radius 1 is 0.848 bits per heavy atom. The Labute approximate surface area is 192 Å². The van der Waals surface area contributed by atoms with Gasteiger partial charge in [-0.3, -0.25) is 9.59 Å². The third-order valence-electron chi connectivity index (χ3n) is 6.08. The Morgan fingerprint density at radius 2 is 1.55 bits per heavy atom. The standard InChI is InChI=1S/C27H25N3O3/c1-19-6-2-4-8-23(19)26(31)28-21-10-12-22(13-11-21)29-14-16-30(17-15-29)27(32)25-18-20-7-3-5-9-24(20)33-25/h2-13,18H,14-17H2,1H3,(H,28,31). The summed E-state index contributed by atoms with van der Waals surface area (Å²) in [5.74, 6) is 0.206. The zero-order valence-corrected chi connectivity index (χ0v) is 18.5. The monoisotopic (exact) mass is 439 g/mol. The van der Waals surface area contributed by atoms with Gasteiger partial charge >= 0.3 is 0 Å². The van der Waals surface area contributed by atoms with Gasteiger partial charge in [0.15, 0.2) is 5.76 Å². The number of rotatable bonds is 4. The number of aryl methyl sites for hydroxylation is 1. The number of furan rings is 1. The smallest absolute Gasteiger partial charge is 0.289 e. The van der Waals surface area contributed by atoms with E-state index in [1.54, 1.807) is 0 Å². The number of nitrogens with one attached hydrogen (secondary N) is 1. The molecule has 0 unspecified atom stereocenters. The average molecular weight is 440 g/mol. The van der Waals surface area contributed by atoms with Crippen LogP contribution in [0.3, 0.4) is 0 Å². The molecule has 1 fully saturated rings. The van der Waals surface area contributed by atoms with Crippen molar-refractivity contribution in [1.82, 2.24) is 4.90 Å². The van der Waals surface area contributed by atoms with Crippen LogP contribution in [0.1, 0.15) is 26.5 Å². The van der Waals surface area contributed by atoms with E-state index >= 15 is 0 Å². The molecule has 0 atom stereocenters. The topological polar surface area (TPSA) is 65.8 Å². The van der Waals surface area contributed by atoms with Crippen LogP contribution in [0, 0.1) is 6.92 Å². The van der Waals surface area contributed by atoms with E-state index in [0.717, 1.165) is 41.0 Å². The molecule has 1 aromatic heterocycles. The fraction of sp³-hybridized carbons (Fsp3) is 0.185. The summed E-state index contributed by atoms with van der Waals surface area (Å²) in [6, 6.07) is 24.8. The molecule has 5 rings (SSSR count). The first-order chi connectivity index (χ1) is 16.1. The fourth-order valence-electron chi connectivity index (χ4n) is 4.19. The highest BCUT2D eigenvalue weighted by atomic mass is 16.3. The second-order valence-electron chi connectivity index (χ2n) is 8.24. The lowest BCUT2D eigenvalue weighted by molar-refractivity contribution is 0.0717. The quantitative estimate of drug-likeness (QED) is 0.488. The number of benzene rings is 3. The van der Waals surface area contributed by atoms with E-state index in [4.69, 9.17) is 4.42 Å². The Hall–Kier alpha value is -4.06. The van der Waals surface area contributed by atoms with Crippen LogP contribution in [0.2, 0.25) is 0 Å². The highest BCUT2D eigenvalue weighted by Crippen LogP contribution is 2.23. The molecule has 3 aromatic carbocycles. The number of amides is 2. The van der Waals surface area contributed by atoms with Crippen molar-refractivity contribution in [2.75, 3.05) is 36.4 Å². The lowest BCUT2D eigenvalue weighted by Gasteiger charge is -2.35. The van der Waals surface area contributed by atoms with Crippen molar-refractivity contribution < 1.29 is 14.0 Å². The zero-order chi connectivity index (χ0) is 22.8. The minimum Gasteiger partial charge on any atom is -0.451 e. The van der Waals surface area contributed by atoms with E-state index < -0.39 is 0 Å². The van der Waals surface area contributed by atoms with Crippen molar-refractivity contribution in [2.24, 2.45) is 0 Å². The summed E-state index contributed by atoms with van der Waals surface area (Å²) >= 11 is 0. The summed E-state index contributed by atoms with van der Waals surface area (Å²) < 4.78 is 5.74. The summed E-state index contributed by atoms with van der Waals surface area (Å²) in [6.07, 6.45) is 0. The second-order valence-corrected chi connectivity index (χ2v) is 8.24. The Kier molecular flexibility index (Phi) is 5.57. The molecule has 0 aliphatic carbocycles. The number of piperazine rings is 1. The number of carbonyl (C=O) groups is 2. The molecular formula is C27H25N3O3. The Bertz CT molecular complexity index is 1270. The average Bonchev–Trinajstić information content (AvgIpc) is 3.29. The molecule has 0 bridgehead atoms. The van der Waals surface area contributed by atoms with Crippen molar-refractivity contribution in [3.05, 3.63) is 95.7 Å². The van der Waals surface area contributed by atoms with Gasteiger partial charge in [0.05, 0.1) is 0 Å². The Balaban J connectivity index is 1.19. The van der Waals surface area contributed by atoms with Crippen molar-refractivity contribution in [2.45, 2.75) is 6.92 Å². The molecule has 1 saturated heterocycles. The third-order valence-corrected chi connectivity index (χ3v) is 6.08. The number of anilines is 2. The van der Waals surface area contributed by atoms with Gasteiger partial charge in [0.25, 0.3) is 11.8 Å². The van der Waals surface area contributed by atoms with Gasteiger partial charge in [-0.15, -0.1) is 0 Å². The normalized spacial score (nSPS) is 13.8. The van der Waals surface area contributed by atoms with Crippen LogP contribution in [-0.2, 0) is 0 Å². The van der Waals surface area contributed by atoms with Crippen LogP contribution in [0.4, 0.5) is 11.4 Å². The minimum absolute atomic E-state index is 0.0693. The highest BCUT2D eigenvalue weighted by Gasteiger charge is 2.24. The molecule has 1 aliphatic rings. The van der Waals surface area contributed by atoms with Crippen LogP contribution < -0.4 is 10.2 Å². The molecule has 6 heteroatoms. The van der Waals surface area contributed by atoms with Crippen molar-refractivity contribution in [3.63, 3.8) is 0 Å². The van der Waals surface area contributed by atoms with E-state index in [2.05, 4.69) is 10.2 Å². The first-order valence-electron chi connectivity index (χ1n) is 11.1. The number of hydrogen-bond donors (Lipinski definition) is 1. The van der Waals surface area contributed by atoms with Crippen LogP contribution in [0.5, 0.6) is 0 Å². The molecule has 33 heavy (non-hydrogen) atoms. The van der Waals surface area contributed by atoms with Crippen LogP contribution >= 0.6 is 0 Å². The summed E-state index contributed by atoms with van der Waals surface area (Å²) in [5, 5.41) is 3.90. The van der Waals surface area contributed by atoms with Gasteiger partial charge in [0.2, 0.25) is 0 Å². The van der Waals surface area contributed by atoms with Crippen molar-refractivity contribution in [3.8, 4) is 0 Å². The molecule has 0 saturated carbocycles. The molecule has 4 aromatic rings. The second kappa shape index (κ2) is 8.82. The summed E-state index contributed by atoms with van der Waals surface area (Å²) in [4.78, 5) is 29.5. The van der Waals surface area contributed by atoms with Gasteiger partial charge < -0.3 is 19.5 Å². The van der Waals surface area contributed by atoms with Gasteiger partial charge in [0, 0.05) is 48.5 Å². The van der Waals surface area contributed by atoms with Gasteiger partial charge in [-0.25, -0.2) is 0 Å². The number of fused-ring (bicyclic) bond motifs is 1. The molecule has 1 N–H and O–H groups in total. The minimum atomic E-state index is -0.112. The first-order valence-corrected chi connectivity index (χ1v) is 11.1. The summed E-state index contributed by atoms with van der Waals surface area (Å²) in [7, 11) is 0. The SMILES string of the molecule is Cc1ccccc1C(=O)Nc1ccc(N2CCN(C(=O)c3cc4ccccc4o3)CC2)cc1. The number of nitrogens with zero attached hydrogens (tertiary/aromatic N) is 2. The maximum absolute atomic E-state index is 12.9. The van der Waals surface area contributed by atoms with Gasteiger partial charge in [-0.2, -0.15) is 0 Å². The molecule has 166 valence electrons. The molecular weight excluding hydrogens is 414 g/mol. The molecule has 0 spiro atoms. The van der Waals surface area contributed by atoms with E-state index in [1.807, 2.05) is 90.7 Å². The van der Waals surface area contributed by atoms with E-state index in [9.17, 15) is 9.59 Å². The molecule has 1 aliphatic heterocycles. The molecule has 2 amide bonds.